The van der Waals surface area contributed by atoms with Gasteiger partial charge in [-0.1, -0.05) is 0 Å². The summed E-state index contributed by atoms with van der Waals surface area (Å²) in [4.78, 5) is 8.05. The van der Waals surface area contributed by atoms with Crippen molar-refractivity contribution in [1.29, 1.82) is 0 Å². The Balaban J connectivity index is 0.000000810. The van der Waals surface area contributed by atoms with Gasteiger partial charge in [-0.25, -0.2) is 4.98 Å². The molecule has 0 atom stereocenters. The molecule has 0 unspecified atom stereocenters. The van der Waals surface area contributed by atoms with Gasteiger partial charge < -0.3 is 5.32 Å². The van der Waals surface area contributed by atoms with Crippen LogP contribution in [0.15, 0.2) is 12.4 Å². The lowest BCUT2D eigenvalue weighted by atomic mass is 10.5. The molecule has 0 aromatic carbocycles. The van der Waals surface area contributed by atoms with Crippen LogP contribution in [0.1, 0.15) is 5.69 Å². The summed E-state index contributed by atoms with van der Waals surface area (Å²) in [6.07, 6.45) is 3.41. The quantitative estimate of drug-likeness (QED) is 0.659. The van der Waals surface area contributed by atoms with Gasteiger partial charge in [-0.2, -0.15) is 13.5 Å². The average molecular weight is 157 g/mol. The molecular formula is C6H11N3S. The lowest BCUT2D eigenvalue weighted by Crippen LogP contribution is -1.93. The Morgan fingerprint density at radius 2 is 2.10 bits per heavy atom. The summed E-state index contributed by atoms with van der Waals surface area (Å²) >= 11 is 0. The van der Waals surface area contributed by atoms with Gasteiger partial charge in [0, 0.05) is 13.2 Å². The second-order valence-corrected chi connectivity index (χ2v) is 1.80. The molecule has 4 heteroatoms. The predicted molar refractivity (Wildman–Crippen MR) is 46.7 cm³/mol. The smallest absolute Gasteiger partial charge is 0.144 e. The Hall–Kier alpha value is -0.770. The summed E-state index contributed by atoms with van der Waals surface area (Å²) in [5, 5.41) is 2.89. The molecule has 10 heavy (non-hydrogen) atoms. The van der Waals surface area contributed by atoms with Crippen LogP contribution in [0.2, 0.25) is 0 Å². The highest BCUT2D eigenvalue weighted by Crippen LogP contribution is 1.97. The monoisotopic (exact) mass is 157 g/mol. The van der Waals surface area contributed by atoms with Gasteiger partial charge in [-0.05, 0) is 6.92 Å². The van der Waals surface area contributed by atoms with E-state index in [1.807, 2.05) is 14.0 Å². The summed E-state index contributed by atoms with van der Waals surface area (Å²) in [7, 11) is 1.82. The number of hydrogen-bond donors (Lipinski definition) is 1. The van der Waals surface area contributed by atoms with Crippen LogP contribution < -0.4 is 5.32 Å². The summed E-state index contributed by atoms with van der Waals surface area (Å²) in [6, 6.07) is 0. The molecule has 0 amide bonds. The molecule has 1 N–H and O–H groups in total. The zero-order valence-electron chi connectivity index (χ0n) is 6.05. The fourth-order valence-electron chi connectivity index (χ4n) is 0.584. The second kappa shape index (κ2) is 4.11. The van der Waals surface area contributed by atoms with E-state index in [0.717, 1.165) is 11.5 Å². The van der Waals surface area contributed by atoms with E-state index in [1.54, 1.807) is 12.4 Å². The van der Waals surface area contributed by atoms with E-state index in [2.05, 4.69) is 15.3 Å². The van der Waals surface area contributed by atoms with Crippen LogP contribution in [0, 0.1) is 6.92 Å². The first kappa shape index (κ1) is 9.23. The molecule has 0 aliphatic heterocycles. The van der Waals surface area contributed by atoms with Gasteiger partial charge in [0.15, 0.2) is 0 Å². The van der Waals surface area contributed by atoms with Crippen LogP contribution in [0.3, 0.4) is 0 Å². The molecule has 0 spiro atoms. The number of nitrogens with one attached hydrogen (secondary N) is 1. The Morgan fingerprint density at radius 3 is 2.50 bits per heavy atom. The predicted octanol–water partition coefficient (Wildman–Crippen LogP) is 0.940. The maximum atomic E-state index is 4.12. The lowest BCUT2D eigenvalue weighted by Gasteiger charge is -1.96. The van der Waals surface area contributed by atoms with Crippen LogP contribution in [-0.4, -0.2) is 17.0 Å². The Morgan fingerprint density at radius 1 is 1.40 bits per heavy atom. The van der Waals surface area contributed by atoms with Crippen molar-refractivity contribution in [2.24, 2.45) is 0 Å². The van der Waals surface area contributed by atoms with Gasteiger partial charge in [0.05, 0.1) is 11.9 Å². The normalized spacial score (nSPS) is 8.20. The molecule has 1 heterocycles. The first-order valence-electron chi connectivity index (χ1n) is 2.79. The zero-order chi connectivity index (χ0) is 6.69. The Bertz CT molecular complexity index is 202. The van der Waals surface area contributed by atoms with Crippen molar-refractivity contribution in [2.45, 2.75) is 6.92 Å². The molecule has 56 valence electrons. The van der Waals surface area contributed by atoms with E-state index in [1.165, 1.54) is 0 Å². The number of aryl methyl sites for hydroxylation is 1. The van der Waals surface area contributed by atoms with Crippen molar-refractivity contribution < 1.29 is 0 Å². The van der Waals surface area contributed by atoms with Crippen molar-refractivity contribution >= 4 is 19.3 Å². The molecule has 0 aliphatic carbocycles. The highest BCUT2D eigenvalue weighted by molar-refractivity contribution is 7.59. The van der Waals surface area contributed by atoms with E-state index in [-0.39, 0.29) is 13.5 Å². The maximum Gasteiger partial charge on any atom is 0.144 e. The minimum atomic E-state index is 0. The van der Waals surface area contributed by atoms with Crippen LogP contribution in [-0.2, 0) is 0 Å². The summed E-state index contributed by atoms with van der Waals surface area (Å²) in [5.41, 5.74) is 0.932. The average Bonchev–Trinajstić information content (AvgIpc) is 1.88. The van der Waals surface area contributed by atoms with Gasteiger partial charge in [0.25, 0.3) is 0 Å². The Labute approximate surface area is 67.3 Å². The highest BCUT2D eigenvalue weighted by Gasteiger charge is 1.87. The summed E-state index contributed by atoms with van der Waals surface area (Å²) in [5.74, 6) is 0.815. The van der Waals surface area contributed by atoms with Crippen LogP contribution in [0.4, 0.5) is 5.82 Å². The molecule has 0 aliphatic rings. The molecule has 0 radical (unpaired) electrons. The fourth-order valence-corrected chi connectivity index (χ4v) is 0.584. The summed E-state index contributed by atoms with van der Waals surface area (Å²) in [6.45, 7) is 1.91. The molecule has 1 aromatic heterocycles. The number of nitrogens with zero attached hydrogens (tertiary/aromatic N) is 2. The molecule has 0 saturated carbocycles. The lowest BCUT2D eigenvalue weighted by molar-refractivity contribution is 1.11. The van der Waals surface area contributed by atoms with Crippen LogP contribution in [0.5, 0.6) is 0 Å². The van der Waals surface area contributed by atoms with E-state index in [9.17, 15) is 0 Å². The number of anilines is 1. The first-order valence-corrected chi connectivity index (χ1v) is 2.79. The standard InChI is InChI=1S/C6H9N3.H2S/c1-5-3-8-4-6(7-2)9-5;/h3-4H,1-2H3,(H,7,9);1H2. The highest BCUT2D eigenvalue weighted by atomic mass is 32.1. The molecule has 0 bridgehead atoms. The first-order chi connectivity index (χ1) is 4.33. The molecule has 1 rings (SSSR count). The molecule has 0 saturated heterocycles. The van der Waals surface area contributed by atoms with E-state index >= 15 is 0 Å². The van der Waals surface area contributed by atoms with E-state index in [0.29, 0.717) is 0 Å². The van der Waals surface area contributed by atoms with E-state index < -0.39 is 0 Å². The van der Waals surface area contributed by atoms with Crippen molar-refractivity contribution in [2.75, 3.05) is 12.4 Å². The van der Waals surface area contributed by atoms with Crippen molar-refractivity contribution in [3.8, 4) is 0 Å². The minimum Gasteiger partial charge on any atom is -0.372 e. The Kier molecular flexibility index (Phi) is 3.79. The molecular weight excluding hydrogens is 146 g/mol. The fraction of sp³-hybridized carbons (Fsp3) is 0.333. The SMILES string of the molecule is CNc1cncc(C)n1.S. The van der Waals surface area contributed by atoms with Crippen LogP contribution >= 0.6 is 13.5 Å². The third-order valence-corrected chi connectivity index (χ3v) is 1.01. The summed E-state index contributed by atoms with van der Waals surface area (Å²) < 4.78 is 0. The largest absolute Gasteiger partial charge is 0.372 e. The van der Waals surface area contributed by atoms with Crippen molar-refractivity contribution in [3.05, 3.63) is 18.1 Å². The van der Waals surface area contributed by atoms with Gasteiger partial charge >= 0.3 is 0 Å². The van der Waals surface area contributed by atoms with Crippen LogP contribution in [0.25, 0.3) is 0 Å². The van der Waals surface area contributed by atoms with Crippen molar-refractivity contribution in [1.82, 2.24) is 9.97 Å². The van der Waals surface area contributed by atoms with E-state index in [4.69, 9.17) is 0 Å². The number of aromatic nitrogens is 2. The number of rotatable bonds is 1. The molecule has 1 aromatic rings. The topological polar surface area (TPSA) is 37.8 Å². The van der Waals surface area contributed by atoms with Crippen molar-refractivity contribution in [3.63, 3.8) is 0 Å². The van der Waals surface area contributed by atoms with Gasteiger partial charge in [0.2, 0.25) is 0 Å². The molecule has 3 nitrogen and oxygen atoms in total. The van der Waals surface area contributed by atoms with Gasteiger partial charge in [-0.15, -0.1) is 0 Å². The maximum absolute atomic E-state index is 4.12. The number of hydrogen-bond acceptors (Lipinski definition) is 3. The third-order valence-electron chi connectivity index (χ3n) is 1.01. The van der Waals surface area contributed by atoms with Gasteiger partial charge in [0.1, 0.15) is 5.82 Å². The zero-order valence-corrected chi connectivity index (χ0v) is 7.05. The minimum absolute atomic E-state index is 0. The molecule has 0 fully saturated rings. The van der Waals surface area contributed by atoms with Gasteiger partial charge in [-0.3, -0.25) is 4.98 Å². The third kappa shape index (κ3) is 2.23. The second-order valence-electron chi connectivity index (χ2n) is 1.80.